The van der Waals surface area contributed by atoms with E-state index in [1.165, 1.54) is 12.5 Å². The van der Waals surface area contributed by atoms with Crippen LogP contribution in [0.15, 0.2) is 148 Å². The standard InChI is InChI=1S/C14H20O3.2C12H14O4.C6H14.C4H10.4C2H6/c1-5-7-8-9-13(4)17-11-14(15)10-16-12(3)6-2;2*1-2-12(14)16-9-10(13)8-15-11-6-4-3-5-7-11;1-5-6(2,3)4;1-4(2)3;4*1-2/h5-9,14-15H,1-3,10-11H2,4H3;2*2-7,10,13H,1,8-9H2;5H2,1-4H3;4H,1-3H3;4*1-2H3/b8-7-,13-9+;;;;;;;;. The van der Waals surface area contributed by atoms with Gasteiger partial charge in [-0.05, 0) is 54.7 Å². The monoisotopic (exact) mass is 945 g/mol. The minimum Gasteiger partial charge on any atom is -0.495 e. The molecule has 3 N–H and O–H groups in total. The highest BCUT2D eigenvalue weighted by molar-refractivity contribution is 5.81. The van der Waals surface area contributed by atoms with Crippen LogP contribution in [0.1, 0.15) is 117 Å². The minimum absolute atomic E-state index is 0.0778. The quantitative estimate of drug-likeness (QED) is 0.0475. The van der Waals surface area contributed by atoms with Crippen molar-refractivity contribution in [2.24, 2.45) is 11.3 Å². The molecule has 2 rings (SSSR count). The number of aliphatic hydroxyl groups excluding tert-OH is 3. The molecule has 0 aliphatic heterocycles. The number of carbonyl (C=O) groups is 2. The Kier molecular flexibility index (Phi) is 66.5. The van der Waals surface area contributed by atoms with Gasteiger partial charge < -0.3 is 43.7 Å². The molecule has 0 saturated carbocycles. The summed E-state index contributed by atoms with van der Waals surface area (Å²) < 4.78 is 30.2. The van der Waals surface area contributed by atoms with Crippen molar-refractivity contribution in [3.05, 3.63) is 148 Å². The van der Waals surface area contributed by atoms with Crippen molar-refractivity contribution in [2.45, 2.75) is 136 Å². The Morgan fingerprint density at radius 2 is 0.881 bits per heavy atom. The molecule has 11 heteroatoms. The maximum absolute atomic E-state index is 10.7. The van der Waals surface area contributed by atoms with E-state index in [0.29, 0.717) is 28.4 Å². The molecule has 386 valence electrons. The Balaban J connectivity index is -0.000000137. The zero-order valence-electron chi connectivity index (χ0n) is 44.7. The number of benzene rings is 2. The number of para-hydroxylation sites is 2. The number of rotatable bonds is 21. The van der Waals surface area contributed by atoms with Gasteiger partial charge in [-0.1, -0.05) is 198 Å². The van der Waals surface area contributed by atoms with Crippen LogP contribution in [0.2, 0.25) is 0 Å². The number of carbonyl (C=O) groups excluding carboxylic acids is 2. The molecule has 3 unspecified atom stereocenters. The van der Waals surface area contributed by atoms with Crippen molar-refractivity contribution < 1.29 is 53.3 Å². The molecule has 0 spiro atoms. The first-order valence-electron chi connectivity index (χ1n) is 23.3. The highest BCUT2D eigenvalue weighted by Crippen LogP contribution is 2.16. The molecular weight excluding hydrogens is 849 g/mol. The molecule has 3 atom stereocenters. The predicted octanol–water partition coefficient (Wildman–Crippen LogP) is 13.2. The van der Waals surface area contributed by atoms with E-state index in [1.807, 2.05) is 105 Å². The summed E-state index contributed by atoms with van der Waals surface area (Å²) in [4.78, 5) is 21.4. The summed E-state index contributed by atoms with van der Waals surface area (Å²) in [6.45, 7) is 50.6. The average molecular weight is 945 g/mol. The van der Waals surface area contributed by atoms with Gasteiger partial charge in [-0.3, -0.25) is 0 Å². The lowest BCUT2D eigenvalue weighted by molar-refractivity contribution is -0.142. The molecule has 11 nitrogen and oxygen atoms in total. The summed E-state index contributed by atoms with van der Waals surface area (Å²) in [5.41, 5.74) is 0.542. The molecule has 0 heterocycles. The summed E-state index contributed by atoms with van der Waals surface area (Å²) in [6, 6.07) is 18.2. The highest BCUT2D eigenvalue weighted by Gasteiger charge is 2.09. The summed E-state index contributed by atoms with van der Waals surface area (Å²) in [7, 11) is 0. The lowest BCUT2D eigenvalue weighted by atomic mass is 9.94. The summed E-state index contributed by atoms with van der Waals surface area (Å²) in [5, 5.41) is 28.4. The SMILES string of the molecule is C=C/C=C\C=C(/C)OCC(O)COC(=C)C=C.C=CC(=O)OCC(O)COc1ccccc1.C=CC(=O)OCC(O)COc1ccccc1.CC.CC.CC.CC.CC(C)C.CCC(C)(C)C. The molecule has 0 amide bonds. The number of hydrogen-bond donors (Lipinski definition) is 3. The van der Waals surface area contributed by atoms with Gasteiger partial charge in [0, 0.05) is 12.2 Å². The van der Waals surface area contributed by atoms with Gasteiger partial charge in [0.1, 0.15) is 75.2 Å². The molecule has 67 heavy (non-hydrogen) atoms. The highest BCUT2D eigenvalue weighted by atomic mass is 16.6. The second-order valence-corrected chi connectivity index (χ2v) is 14.2. The van der Waals surface area contributed by atoms with Crippen LogP contribution in [0.3, 0.4) is 0 Å². The summed E-state index contributed by atoms with van der Waals surface area (Å²) in [6.07, 6.45) is 9.53. The van der Waals surface area contributed by atoms with E-state index in [4.69, 9.17) is 18.9 Å². The molecule has 2 aromatic rings. The van der Waals surface area contributed by atoms with Crippen LogP contribution >= 0.6 is 0 Å². The van der Waals surface area contributed by atoms with E-state index in [1.54, 1.807) is 42.5 Å². The Morgan fingerprint density at radius 1 is 0.567 bits per heavy atom. The molecular formula is C56H96O11. The van der Waals surface area contributed by atoms with Gasteiger partial charge >= 0.3 is 11.9 Å². The lowest BCUT2D eigenvalue weighted by Crippen LogP contribution is -2.24. The third-order valence-corrected chi connectivity index (χ3v) is 6.37. The average Bonchev–Trinajstić information content (AvgIpc) is 3.35. The van der Waals surface area contributed by atoms with Crippen LogP contribution in [-0.4, -0.2) is 85.2 Å². The molecule has 0 aliphatic rings. The molecule has 0 aliphatic carbocycles. The van der Waals surface area contributed by atoms with Crippen LogP contribution < -0.4 is 9.47 Å². The van der Waals surface area contributed by atoms with Crippen LogP contribution in [0.4, 0.5) is 0 Å². The minimum atomic E-state index is -0.843. The van der Waals surface area contributed by atoms with Crippen LogP contribution in [0.25, 0.3) is 0 Å². The van der Waals surface area contributed by atoms with Crippen LogP contribution in [0, 0.1) is 11.3 Å². The number of allylic oxidation sites excluding steroid dienone is 6. The van der Waals surface area contributed by atoms with E-state index < -0.39 is 30.3 Å². The summed E-state index contributed by atoms with van der Waals surface area (Å²) in [5.74, 6) is 2.20. The van der Waals surface area contributed by atoms with Crippen molar-refractivity contribution in [2.75, 3.05) is 39.6 Å². The van der Waals surface area contributed by atoms with Gasteiger partial charge in [0.15, 0.2) is 0 Å². The van der Waals surface area contributed by atoms with Gasteiger partial charge in [-0.2, -0.15) is 0 Å². The Hall–Kier alpha value is -5.36. The Bertz CT molecular complexity index is 1390. The fraction of sp³-hybridized carbons (Fsp3) is 0.500. The topological polar surface area (TPSA) is 150 Å². The maximum atomic E-state index is 10.7. The van der Waals surface area contributed by atoms with Crippen molar-refractivity contribution in [3.63, 3.8) is 0 Å². The molecule has 0 aromatic heterocycles. The Labute approximate surface area is 409 Å². The second-order valence-electron chi connectivity index (χ2n) is 14.2. The zero-order chi connectivity index (χ0) is 53.5. The van der Waals surface area contributed by atoms with E-state index in [9.17, 15) is 24.9 Å². The third-order valence-electron chi connectivity index (χ3n) is 6.37. The van der Waals surface area contributed by atoms with E-state index >= 15 is 0 Å². The first kappa shape index (κ1) is 75.9. The van der Waals surface area contributed by atoms with Gasteiger partial charge in [0.25, 0.3) is 0 Å². The van der Waals surface area contributed by atoms with E-state index in [0.717, 1.165) is 18.1 Å². The number of ether oxygens (including phenoxy) is 6. The van der Waals surface area contributed by atoms with Crippen LogP contribution in [-0.2, 0) is 28.5 Å². The summed E-state index contributed by atoms with van der Waals surface area (Å²) >= 11 is 0. The molecule has 0 radical (unpaired) electrons. The van der Waals surface area contributed by atoms with Crippen molar-refractivity contribution in [1.29, 1.82) is 0 Å². The largest absolute Gasteiger partial charge is 0.495 e. The van der Waals surface area contributed by atoms with E-state index in [-0.39, 0.29) is 39.6 Å². The zero-order valence-corrected chi connectivity index (χ0v) is 44.7. The molecule has 0 fully saturated rings. The van der Waals surface area contributed by atoms with E-state index in [2.05, 4.69) is 90.8 Å². The number of aliphatic hydroxyl groups is 3. The maximum Gasteiger partial charge on any atom is 0.330 e. The first-order valence-corrected chi connectivity index (χ1v) is 23.3. The normalized spacial score (nSPS) is 10.8. The van der Waals surface area contributed by atoms with Crippen molar-refractivity contribution in [1.82, 2.24) is 0 Å². The molecule has 0 saturated heterocycles. The lowest BCUT2D eigenvalue weighted by Gasteiger charge is -2.13. The molecule has 2 aromatic carbocycles. The fourth-order valence-electron chi connectivity index (χ4n) is 2.84. The second kappa shape index (κ2) is 58.7. The van der Waals surface area contributed by atoms with Crippen molar-refractivity contribution in [3.8, 4) is 11.5 Å². The molecule has 0 bridgehead atoms. The van der Waals surface area contributed by atoms with Gasteiger partial charge in [0.05, 0.1) is 5.76 Å². The smallest absolute Gasteiger partial charge is 0.330 e. The number of esters is 2. The van der Waals surface area contributed by atoms with Gasteiger partial charge in [-0.15, -0.1) is 0 Å². The number of hydrogen-bond acceptors (Lipinski definition) is 11. The predicted molar refractivity (Wildman–Crippen MR) is 284 cm³/mol. The van der Waals surface area contributed by atoms with Crippen LogP contribution in [0.5, 0.6) is 11.5 Å². The Morgan fingerprint density at radius 3 is 1.18 bits per heavy atom. The van der Waals surface area contributed by atoms with Crippen molar-refractivity contribution >= 4 is 11.9 Å². The van der Waals surface area contributed by atoms with Gasteiger partial charge in [-0.25, -0.2) is 9.59 Å². The van der Waals surface area contributed by atoms with Gasteiger partial charge in [0.2, 0.25) is 0 Å². The third kappa shape index (κ3) is 69.8. The first-order chi connectivity index (χ1) is 31.8. The fourth-order valence-corrected chi connectivity index (χ4v) is 2.84.